The van der Waals surface area contributed by atoms with Crippen LogP contribution in [0.5, 0.6) is 5.88 Å². The van der Waals surface area contributed by atoms with E-state index >= 15 is 0 Å². The summed E-state index contributed by atoms with van der Waals surface area (Å²) in [4.78, 5) is 18.6. The summed E-state index contributed by atoms with van der Waals surface area (Å²) < 4.78 is 0. The number of nitrogens with zero attached hydrogens (tertiary/aromatic N) is 1. The molecule has 0 spiro atoms. The smallest absolute Gasteiger partial charge is 0.258 e. The average molecular weight is 250 g/mol. The molecule has 90 valence electrons. The van der Waals surface area contributed by atoms with Gasteiger partial charge in [0.15, 0.2) is 0 Å². The van der Waals surface area contributed by atoms with E-state index < -0.39 is 0 Å². The SMILES string of the molecule is CCCc1c(O)nc(-c2cscc2C)[nH]c1=O. The maximum absolute atomic E-state index is 11.8. The van der Waals surface area contributed by atoms with Crippen molar-refractivity contribution in [3.8, 4) is 17.3 Å². The fourth-order valence-electron chi connectivity index (χ4n) is 1.69. The second kappa shape index (κ2) is 4.71. The zero-order valence-corrected chi connectivity index (χ0v) is 10.6. The van der Waals surface area contributed by atoms with Crippen molar-refractivity contribution in [2.24, 2.45) is 0 Å². The van der Waals surface area contributed by atoms with E-state index in [9.17, 15) is 9.90 Å². The van der Waals surface area contributed by atoms with Crippen molar-refractivity contribution in [1.29, 1.82) is 0 Å². The quantitative estimate of drug-likeness (QED) is 0.879. The second-order valence-corrected chi connectivity index (χ2v) is 4.68. The zero-order chi connectivity index (χ0) is 12.4. The van der Waals surface area contributed by atoms with Crippen molar-refractivity contribution in [3.63, 3.8) is 0 Å². The van der Waals surface area contributed by atoms with E-state index in [1.54, 1.807) is 11.3 Å². The minimum Gasteiger partial charge on any atom is -0.493 e. The van der Waals surface area contributed by atoms with Gasteiger partial charge in [-0.15, -0.1) is 0 Å². The molecule has 0 aromatic carbocycles. The predicted octanol–water partition coefficient (Wildman–Crippen LogP) is 2.46. The first-order valence-corrected chi connectivity index (χ1v) is 6.43. The Labute approximate surface area is 103 Å². The first-order chi connectivity index (χ1) is 8.13. The molecule has 2 rings (SSSR count). The lowest BCUT2D eigenvalue weighted by atomic mass is 10.1. The van der Waals surface area contributed by atoms with Crippen LogP contribution in [-0.4, -0.2) is 15.1 Å². The Kier molecular flexibility index (Phi) is 3.28. The molecule has 2 N–H and O–H groups in total. The number of thiophene rings is 1. The summed E-state index contributed by atoms with van der Waals surface area (Å²) >= 11 is 1.54. The summed E-state index contributed by atoms with van der Waals surface area (Å²) in [6, 6.07) is 0. The molecule has 0 saturated carbocycles. The Hall–Kier alpha value is -1.62. The van der Waals surface area contributed by atoms with Crippen molar-refractivity contribution in [1.82, 2.24) is 9.97 Å². The van der Waals surface area contributed by atoms with Gasteiger partial charge in [0.1, 0.15) is 5.82 Å². The normalized spacial score (nSPS) is 10.7. The van der Waals surface area contributed by atoms with Gasteiger partial charge in [0.2, 0.25) is 5.88 Å². The number of rotatable bonds is 3. The summed E-state index contributed by atoms with van der Waals surface area (Å²) in [6.07, 6.45) is 1.34. The number of aromatic amines is 1. The fourth-order valence-corrected chi connectivity index (χ4v) is 2.52. The number of H-pyrrole nitrogens is 1. The Morgan fingerprint density at radius 1 is 1.47 bits per heavy atom. The third kappa shape index (κ3) is 2.24. The van der Waals surface area contributed by atoms with Crippen molar-refractivity contribution in [2.75, 3.05) is 0 Å². The van der Waals surface area contributed by atoms with E-state index in [0.29, 0.717) is 17.8 Å². The van der Waals surface area contributed by atoms with Gasteiger partial charge in [0.25, 0.3) is 5.56 Å². The number of aromatic hydroxyl groups is 1. The minimum absolute atomic E-state index is 0.156. The van der Waals surface area contributed by atoms with Crippen LogP contribution in [0.4, 0.5) is 0 Å². The highest BCUT2D eigenvalue weighted by Crippen LogP contribution is 2.24. The van der Waals surface area contributed by atoms with Gasteiger partial charge in [0, 0.05) is 10.9 Å². The molecule has 0 bridgehead atoms. The molecular weight excluding hydrogens is 236 g/mol. The van der Waals surface area contributed by atoms with Crippen LogP contribution in [-0.2, 0) is 6.42 Å². The Morgan fingerprint density at radius 3 is 2.76 bits per heavy atom. The number of nitrogens with one attached hydrogen (secondary N) is 1. The molecule has 5 heteroatoms. The van der Waals surface area contributed by atoms with Crippen LogP contribution in [0.2, 0.25) is 0 Å². The minimum atomic E-state index is -0.250. The van der Waals surface area contributed by atoms with Crippen molar-refractivity contribution in [3.05, 3.63) is 32.2 Å². The molecule has 17 heavy (non-hydrogen) atoms. The van der Waals surface area contributed by atoms with Crippen molar-refractivity contribution < 1.29 is 5.11 Å². The third-order valence-corrected chi connectivity index (χ3v) is 3.47. The Bertz CT molecular complexity index is 586. The maximum Gasteiger partial charge on any atom is 0.258 e. The van der Waals surface area contributed by atoms with E-state index in [0.717, 1.165) is 17.5 Å². The van der Waals surface area contributed by atoms with Crippen LogP contribution in [0.1, 0.15) is 24.5 Å². The van der Waals surface area contributed by atoms with Crippen LogP contribution in [0.3, 0.4) is 0 Å². The van der Waals surface area contributed by atoms with Gasteiger partial charge in [-0.25, -0.2) is 0 Å². The van der Waals surface area contributed by atoms with E-state index in [4.69, 9.17) is 0 Å². The highest BCUT2D eigenvalue weighted by molar-refractivity contribution is 7.08. The molecule has 0 saturated heterocycles. The molecule has 0 aliphatic heterocycles. The lowest BCUT2D eigenvalue weighted by Gasteiger charge is -2.04. The molecule has 0 radical (unpaired) electrons. The molecule has 2 heterocycles. The fraction of sp³-hybridized carbons (Fsp3) is 0.333. The molecule has 4 nitrogen and oxygen atoms in total. The van der Waals surface area contributed by atoms with Crippen molar-refractivity contribution >= 4 is 11.3 Å². The third-order valence-electron chi connectivity index (χ3n) is 2.60. The van der Waals surface area contributed by atoms with Crippen LogP contribution in [0.15, 0.2) is 15.6 Å². The highest BCUT2D eigenvalue weighted by atomic mass is 32.1. The van der Waals surface area contributed by atoms with Crippen LogP contribution in [0.25, 0.3) is 11.4 Å². The topological polar surface area (TPSA) is 66.0 Å². The van der Waals surface area contributed by atoms with Gasteiger partial charge in [-0.05, 0) is 24.3 Å². The molecule has 0 unspecified atom stereocenters. The van der Waals surface area contributed by atoms with E-state index in [2.05, 4.69) is 9.97 Å². The van der Waals surface area contributed by atoms with E-state index in [1.165, 1.54) is 0 Å². The average Bonchev–Trinajstić information content (AvgIpc) is 2.69. The Morgan fingerprint density at radius 2 is 2.24 bits per heavy atom. The summed E-state index contributed by atoms with van der Waals surface area (Å²) in [5.74, 6) is 0.280. The molecular formula is C12H14N2O2S. The maximum atomic E-state index is 11.8. The molecule has 0 fully saturated rings. The van der Waals surface area contributed by atoms with E-state index in [-0.39, 0.29) is 11.4 Å². The van der Waals surface area contributed by atoms with Gasteiger partial charge < -0.3 is 10.1 Å². The largest absolute Gasteiger partial charge is 0.493 e. The molecule has 2 aromatic heterocycles. The molecule has 0 aliphatic carbocycles. The predicted molar refractivity (Wildman–Crippen MR) is 68.6 cm³/mol. The number of hydrogen-bond donors (Lipinski definition) is 2. The first-order valence-electron chi connectivity index (χ1n) is 5.48. The van der Waals surface area contributed by atoms with Crippen LogP contribution >= 0.6 is 11.3 Å². The number of aromatic nitrogens is 2. The summed E-state index contributed by atoms with van der Waals surface area (Å²) in [7, 11) is 0. The van der Waals surface area contributed by atoms with Gasteiger partial charge in [-0.1, -0.05) is 13.3 Å². The summed E-state index contributed by atoms with van der Waals surface area (Å²) in [5, 5.41) is 13.7. The number of aryl methyl sites for hydroxylation is 1. The van der Waals surface area contributed by atoms with Crippen LogP contribution in [0, 0.1) is 6.92 Å². The van der Waals surface area contributed by atoms with Crippen LogP contribution < -0.4 is 5.56 Å². The van der Waals surface area contributed by atoms with E-state index in [1.807, 2.05) is 24.6 Å². The van der Waals surface area contributed by atoms with Crippen molar-refractivity contribution in [2.45, 2.75) is 26.7 Å². The number of hydrogen-bond acceptors (Lipinski definition) is 4. The van der Waals surface area contributed by atoms with Gasteiger partial charge in [-0.2, -0.15) is 16.3 Å². The lowest BCUT2D eigenvalue weighted by Crippen LogP contribution is -2.15. The molecule has 0 aliphatic rings. The molecule has 0 amide bonds. The van der Waals surface area contributed by atoms with Gasteiger partial charge >= 0.3 is 0 Å². The second-order valence-electron chi connectivity index (χ2n) is 3.94. The van der Waals surface area contributed by atoms with Gasteiger partial charge in [0.05, 0.1) is 5.56 Å². The Balaban J connectivity index is 2.53. The van der Waals surface area contributed by atoms with Gasteiger partial charge in [-0.3, -0.25) is 4.79 Å². The molecule has 2 aromatic rings. The lowest BCUT2D eigenvalue weighted by molar-refractivity contribution is 0.443. The summed E-state index contributed by atoms with van der Waals surface area (Å²) in [6.45, 7) is 3.90. The monoisotopic (exact) mass is 250 g/mol. The summed E-state index contributed by atoms with van der Waals surface area (Å²) in [5.41, 5.74) is 2.02. The highest BCUT2D eigenvalue weighted by Gasteiger charge is 2.12. The molecule has 0 atom stereocenters. The zero-order valence-electron chi connectivity index (χ0n) is 9.78. The first kappa shape index (κ1) is 11.9. The standard InChI is InChI=1S/C12H14N2O2S/c1-3-4-8-11(15)13-10(14-12(8)16)9-6-17-5-7(9)2/h5-6H,3-4H2,1-2H3,(H2,13,14,15,16).